The Balaban J connectivity index is 2.78. The highest BCUT2D eigenvalue weighted by atomic mass is 14.9. The predicted molar refractivity (Wildman–Crippen MR) is 93.3 cm³/mol. The normalized spacial score (nSPS) is 11.9. The lowest BCUT2D eigenvalue weighted by atomic mass is 9.85. The van der Waals surface area contributed by atoms with Crippen molar-refractivity contribution >= 4 is 16.6 Å². The maximum Gasteiger partial charge on any atom is 0.0763 e. The van der Waals surface area contributed by atoms with Gasteiger partial charge in [-0.1, -0.05) is 52.8 Å². The molecule has 1 N–H and O–H groups in total. The molecule has 0 aliphatic rings. The van der Waals surface area contributed by atoms with Crippen LogP contribution in [0.25, 0.3) is 10.9 Å². The highest BCUT2D eigenvalue weighted by Crippen LogP contribution is 2.34. The fourth-order valence-electron chi connectivity index (χ4n) is 2.86. The van der Waals surface area contributed by atoms with Gasteiger partial charge < -0.3 is 5.32 Å². The lowest BCUT2D eigenvalue weighted by molar-refractivity contribution is 0.594. The number of rotatable bonds is 4. The first-order valence-corrected chi connectivity index (χ1v) is 8.06. The maximum atomic E-state index is 4.99. The van der Waals surface area contributed by atoms with E-state index in [9.17, 15) is 0 Å². The fraction of sp³-hybridized carbons (Fsp3) is 0.526. The van der Waals surface area contributed by atoms with E-state index >= 15 is 0 Å². The van der Waals surface area contributed by atoms with Crippen molar-refractivity contribution in [2.24, 2.45) is 0 Å². The molecule has 114 valence electrons. The van der Waals surface area contributed by atoms with E-state index < -0.39 is 0 Å². The van der Waals surface area contributed by atoms with Crippen LogP contribution in [0.3, 0.4) is 0 Å². The number of hydrogen-bond acceptors (Lipinski definition) is 2. The second-order valence-electron chi connectivity index (χ2n) is 6.79. The third kappa shape index (κ3) is 3.04. The third-order valence-corrected chi connectivity index (χ3v) is 4.05. The van der Waals surface area contributed by atoms with E-state index in [4.69, 9.17) is 4.98 Å². The summed E-state index contributed by atoms with van der Waals surface area (Å²) in [6, 6.07) is 6.57. The van der Waals surface area contributed by atoms with Crippen LogP contribution in [0.4, 0.5) is 5.69 Å². The third-order valence-electron chi connectivity index (χ3n) is 4.05. The van der Waals surface area contributed by atoms with Gasteiger partial charge in [-0.25, -0.2) is 0 Å². The largest absolute Gasteiger partial charge is 0.384 e. The van der Waals surface area contributed by atoms with E-state index in [0.717, 1.165) is 24.9 Å². The Morgan fingerprint density at radius 3 is 2.43 bits per heavy atom. The molecule has 1 aromatic heterocycles. The molecule has 2 heteroatoms. The predicted octanol–water partition coefficient (Wildman–Crippen LogP) is 5.23. The number of nitrogens with zero attached hydrogens (tertiary/aromatic N) is 1. The first-order valence-electron chi connectivity index (χ1n) is 8.06. The van der Waals surface area contributed by atoms with Gasteiger partial charge in [0.05, 0.1) is 5.52 Å². The summed E-state index contributed by atoms with van der Waals surface area (Å²) in [6.07, 6.45) is 2.10. The molecule has 1 aromatic carbocycles. The number of para-hydroxylation sites is 1. The number of nitrogens with one attached hydrogen (secondary N) is 1. The molecule has 0 aliphatic carbocycles. The van der Waals surface area contributed by atoms with Gasteiger partial charge in [0.25, 0.3) is 0 Å². The Morgan fingerprint density at radius 2 is 1.86 bits per heavy atom. The monoisotopic (exact) mass is 284 g/mol. The van der Waals surface area contributed by atoms with Crippen LogP contribution in [-0.4, -0.2) is 11.5 Å². The van der Waals surface area contributed by atoms with Crippen LogP contribution in [0.15, 0.2) is 18.2 Å². The van der Waals surface area contributed by atoms with Crippen molar-refractivity contribution in [3.05, 3.63) is 35.0 Å². The van der Waals surface area contributed by atoms with Crippen LogP contribution in [0.2, 0.25) is 0 Å². The van der Waals surface area contributed by atoms with Crippen molar-refractivity contribution in [1.82, 2.24) is 4.98 Å². The van der Waals surface area contributed by atoms with Gasteiger partial charge in [-0.05, 0) is 36.3 Å². The second kappa shape index (κ2) is 6.05. The molecule has 0 radical (unpaired) electrons. The van der Waals surface area contributed by atoms with Gasteiger partial charge in [-0.2, -0.15) is 0 Å². The van der Waals surface area contributed by atoms with E-state index in [1.165, 1.54) is 27.9 Å². The molecule has 0 fully saturated rings. The number of hydrogen-bond donors (Lipinski definition) is 1. The maximum absolute atomic E-state index is 4.99. The summed E-state index contributed by atoms with van der Waals surface area (Å²) < 4.78 is 0. The van der Waals surface area contributed by atoms with Gasteiger partial charge in [-0.15, -0.1) is 0 Å². The number of pyridine rings is 1. The van der Waals surface area contributed by atoms with E-state index in [1.54, 1.807) is 0 Å². The number of benzene rings is 1. The Kier molecular flexibility index (Phi) is 4.55. The molecular weight excluding hydrogens is 256 g/mol. The van der Waals surface area contributed by atoms with E-state index in [2.05, 4.69) is 65.1 Å². The lowest BCUT2D eigenvalue weighted by Crippen LogP contribution is -2.14. The summed E-state index contributed by atoms with van der Waals surface area (Å²) in [5, 5.41) is 4.87. The number of anilines is 1. The number of aryl methyl sites for hydroxylation is 1. The zero-order chi connectivity index (χ0) is 15.6. The molecule has 0 amide bonds. The van der Waals surface area contributed by atoms with Crippen LogP contribution >= 0.6 is 0 Å². The molecule has 0 spiro atoms. The summed E-state index contributed by atoms with van der Waals surface area (Å²) in [7, 11) is 0. The van der Waals surface area contributed by atoms with E-state index in [-0.39, 0.29) is 5.41 Å². The lowest BCUT2D eigenvalue weighted by Gasteiger charge is -2.23. The Bertz CT molecular complexity index is 636. The van der Waals surface area contributed by atoms with Gasteiger partial charge in [0.2, 0.25) is 0 Å². The standard InChI is InChI=1S/C19H28N2/c1-7-12-20-17-13(3)16(8-2)21-18-14(17)10-9-11-15(18)19(4,5)6/h9-11H,7-8,12H2,1-6H3,(H,20,21). The molecule has 0 saturated heterocycles. The van der Waals surface area contributed by atoms with E-state index in [0.29, 0.717) is 0 Å². The molecule has 0 aliphatic heterocycles. The molecule has 0 bridgehead atoms. The summed E-state index contributed by atoms with van der Waals surface area (Å²) in [5.41, 5.74) is 6.36. The zero-order valence-corrected chi connectivity index (χ0v) is 14.3. The molecule has 2 aromatic rings. The van der Waals surface area contributed by atoms with Crippen molar-refractivity contribution < 1.29 is 0 Å². The molecule has 0 saturated carbocycles. The van der Waals surface area contributed by atoms with Gasteiger partial charge in [0.1, 0.15) is 0 Å². The van der Waals surface area contributed by atoms with Crippen molar-refractivity contribution in [2.75, 3.05) is 11.9 Å². The average Bonchev–Trinajstić information content (AvgIpc) is 2.44. The highest BCUT2D eigenvalue weighted by molar-refractivity contribution is 5.95. The topological polar surface area (TPSA) is 24.9 Å². The molecule has 2 rings (SSSR count). The number of aromatic nitrogens is 1. The first-order chi connectivity index (χ1) is 9.90. The molecular formula is C19H28N2. The van der Waals surface area contributed by atoms with Crippen molar-refractivity contribution in [3.8, 4) is 0 Å². The minimum absolute atomic E-state index is 0.106. The van der Waals surface area contributed by atoms with Gasteiger partial charge in [0.15, 0.2) is 0 Å². The van der Waals surface area contributed by atoms with Crippen molar-refractivity contribution in [2.45, 2.75) is 59.8 Å². The Labute approximate surface area is 129 Å². The van der Waals surface area contributed by atoms with Crippen molar-refractivity contribution in [1.29, 1.82) is 0 Å². The highest BCUT2D eigenvalue weighted by Gasteiger charge is 2.20. The van der Waals surface area contributed by atoms with Gasteiger partial charge >= 0.3 is 0 Å². The van der Waals surface area contributed by atoms with Crippen molar-refractivity contribution in [3.63, 3.8) is 0 Å². The summed E-state index contributed by atoms with van der Waals surface area (Å²) >= 11 is 0. The van der Waals surface area contributed by atoms with Gasteiger partial charge in [0, 0.05) is 23.3 Å². The number of fused-ring (bicyclic) bond motifs is 1. The molecule has 1 heterocycles. The van der Waals surface area contributed by atoms with E-state index in [1.807, 2.05) is 0 Å². The molecule has 0 unspecified atom stereocenters. The van der Waals surface area contributed by atoms with Crippen LogP contribution in [0, 0.1) is 6.92 Å². The smallest absolute Gasteiger partial charge is 0.0763 e. The van der Waals surface area contributed by atoms with Crippen LogP contribution in [0.1, 0.15) is 57.9 Å². The minimum atomic E-state index is 0.106. The Hall–Kier alpha value is -1.57. The first kappa shape index (κ1) is 15.8. The summed E-state index contributed by atoms with van der Waals surface area (Å²) in [5.74, 6) is 0. The molecule has 0 atom stereocenters. The second-order valence-corrected chi connectivity index (χ2v) is 6.79. The molecule has 21 heavy (non-hydrogen) atoms. The fourth-order valence-corrected chi connectivity index (χ4v) is 2.86. The summed E-state index contributed by atoms with van der Waals surface area (Å²) in [4.78, 5) is 4.99. The SMILES string of the molecule is CCCNc1c(C)c(CC)nc2c(C(C)(C)C)cccc12. The van der Waals surface area contributed by atoms with Crippen LogP contribution < -0.4 is 5.32 Å². The van der Waals surface area contributed by atoms with Crippen LogP contribution in [0.5, 0.6) is 0 Å². The van der Waals surface area contributed by atoms with Crippen LogP contribution in [-0.2, 0) is 11.8 Å². The minimum Gasteiger partial charge on any atom is -0.384 e. The Morgan fingerprint density at radius 1 is 1.14 bits per heavy atom. The quantitative estimate of drug-likeness (QED) is 0.832. The zero-order valence-electron chi connectivity index (χ0n) is 14.3. The van der Waals surface area contributed by atoms with Gasteiger partial charge in [-0.3, -0.25) is 4.98 Å². The summed E-state index contributed by atoms with van der Waals surface area (Å²) in [6.45, 7) is 14.4. The average molecular weight is 284 g/mol. The molecule has 2 nitrogen and oxygen atoms in total.